The molecule has 0 aromatic carbocycles. The van der Waals surface area contributed by atoms with Crippen molar-refractivity contribution in [2.24, 2.45) is 5.73 Å². The lowest BCUT2D eigenvalue weighted by Gasteiger charge is -2.31. The van der Waals surface area contributed by atoms with Crippen LogP contribution in [0.1, 0.15) is 32.6 Å². The summed E-state index contributed by atoms with van der Waals surface area (Å²) in [7, 11) is 1.75. The van der Waals surface area contributed by atoms with Gasteiger partial charge in [-0.3, -0.25) is 4.90 Å². The Morgan fingerprint density at radius 2 is 2.00 bits per heavy atom. The summed E-state index contributed by atoms with van der Waals surface area (Å²) in [5.74, 6) is 0. The summed E-state index contributed by atoms with van der Waals surface area (Å²) in [6.45, 7) is 6.11. The van der Waals surface area contributed by atoms with E-state index in [1.165, 1.54) is 25.7 Å². The van der Waals surface area contributed by atoms with E-state index in [9.17, 15) is 0 Å². The minimum atomic E-state index is 0.0871. The SMILES string of the molecule is CCN(CCOC)CC1(N)CCCC1. The van der Waals surface area contributed by atoms with Crippen molar-refractivity contribution in [1.82, 2.24) is 4.90 Å². The second-order valence-electron chi connectivity index (χ2n) is 4.43. The zero-order valence-electron chi connectivity index (χ0n) is 9.59. The Balaban J connectivity index is 2.30. The van der Waals surface area contributed by atoms with Crippen LogP contribution >= 0.6 is 0 Å². The third-order valence-electron chi connectivity index (χ3n) is 3.20. The highest BCUT2D eigenvalue weighted by molar-refractivity contribution is 4.91. The van der Waals surface area contributed by atoms with Gasteiger partial charge in [-0.15, -0.1) is 0 Å². The summed E-state index contributed by atoms with van der Waals surface area (Å²) < 4.78 is 5.09. The molecule has 84 valence electrons. The van der Waals surface area contributed by atoms with E-state index >= 15 is 0 Å². The molecule has 0 aromatic heterocycles. The monoisotopic (exact) mass is 200 g/mol. The van der Waals surface area contributed by atoms with Crippen molar-refractivity contribution >= 4 is 0 Å². The molecule has 1 aliphatic carbocycles. The number of likely N-dealkylation sites (N-methyl/N-ethyl adjacent to an activating group) is 1. The Kier molecular flexibility index (Phi) is 4.85. The van der Waals surface area contributed by atoms with Crippen molar-refractivity contribution in [3.05, 3.63) is 0 Å². The first kappa shape index (κ1) is 12.0. The third-order valence-corrected chi connectivity index (χ3v) is 3.20. The molecule has 1 aliphatic rings. The van der Waals surface area contributed by atoms with Gasteiger partial charge in [0, 0.05) is 25.7 Å². The Morgan fingerprint density at radius 1 is 1.36 bits per heavy atom. The van der Waals surface area contributed by atoms with Crippen LogP contribution in [0.2, 0.25) is 0 Å². The van der Waals surface area contributed by atoms with Crippen LogP contribution in [0.3, 0.4) is 0 Å². The zero-order valence-corrected chi connectivity index (χ0v) is 9.59. The topological polar surface area (TPSA) is 38.5 Å². The second kappa shape index (κ2) is 5.69. The van der Waals surface area contributed by atoms with Gasteiger partial charge in [-0.1, -0.05) is 19.8 Å². The molecule has 1 fully saturated rings. The van der Waals surface area contributed by atoms with Crippen LogP contribution in [0.15, 0.2) is 0 Å². The van der Waals surface area contributed by atoms with Crippen molar-refractivity contribution in [3.63, 3.8) is 0 Å². The summed E-state index contributed by atoms with van der Waals surface area (Å²) in [5.41, 5.74) is 6.41. The molecule has 0 heterocycles. The predicted molar refractivity (Wildman–Crippen MR) is 59.4 cm³/mol. The van der Waals surface area contributed by atoms with Gasteiger partial charge in [0.05, 0.1) is 6.61 Å². The zero-order chi connectivity index (χ0) is 10.4. The Bertz CT molecular complexity index is 155. The quantitative estimate of drug-likeness (QED) is 0.701. The van der Waals surface area contributed by atoms with Crippen LogP contribution in [-0.2, 0) is 4.74 Å². The molecule has 3 nitrogen and oxygen atoms in total. The van der Waals surface area contributed by atoms with Gasteiger partial charge in [0.15, 0.2) is 0 Å². The Hall–Kier alpha value is -0.120. The van der Waals surface area contributed by atoms with Gasteiger partial charge in [0.1, 0.15) is 0 Å². The second-order valence-corrected chi connectivity index (χ2v) is 4.43. The number of methoxy groups -OCH3 is 1. The van der Waals surface area contributed by atoms with Crippen LogP contribution in [0.25, 0.3) is 0 Å². The molecule has 14 heavy (non-hydrogen) atoms. The summed E-state index contributed by atoms with van der Waals surface area (Å²) in [6.07, 6.45) is 4.99. The van der Waals surface area contributed by atoms with Crippen LogP contribution in [-0.4, -0.2) is 43.8 Å². The molecule has 3 heteroatoms. The van der Waals surface area contributed by atoms with Crippen molar-refractivity contribution in [1.29, 1.82) is 0 Å². The van der Waals surface area contributed by atoms with E-state index < -0.39 is 0 Å². The third kappa shape index (κ3) is 3.56. The van der Waals surface area contributed by atoms with Gasteiger partial charge < -0.3 is 10.5 Å². The highest BCUT2D eigenvalue weighted by Crippen LogP contribution is 2.27. The maximum Gasteiger partial charge on any atom is 0.0589 e. The smallest absolute Gasteiger partial charge is 0.0589 e. The average molecular weight is 200 g/mol. The molecule has 0 aliphatic heterocycles. The fourth-order valence-electron chi connectivity index (χ4n) is 2.25. The first-order valence-electron chi connectivity index (χ1n) is 5.70. The van der Waals surface area contributed by atoms with E-state index in [0.29, 0.717) is 0 Å². The fourth-order valence-corrected chi connectivity index (χ4v) is 2.25. The van der Waals surface area contributed by atoms with Crippen molar-refractivity contribution in [2.75, 3.05) is 33.4 Å². The molecular formula is C11H24N2O. The van der Waals surface area contributed by atoms with Gasteiger partial charge in [0.2, 0.25) is 0 Å². The molecule has 1 saturated carbocycles. The standard InChI is InChI=1S/C11H24N2O/c1-3-13(8-9-14-2)10-11(12)6-4-5-7-11/h3-10,12H2,1-2H3. The van der Waals surface area contributed by atoms with Crippen molar-refractivity contribution < 1.29 is 4.74 Å². The van der Waals surface area contributed by atoms with E-state index in [-0.39, 0.29) is 5.54 Å². The normalized spacial score (nSPS) is 20.6. The number of ether oxygens (including phenoxy) is 1. The summed E-state index contributed by atoms with van der Waals surface area (Å²) in [4.78, 5) is 2.40. The van der Waals surface area contributed by atoms with Crippen LogP contribution in [0, 0.1) is 0 Å². The van der Waals surface area contributed by atoms with Crippen LogP contribution in [0.5, 0.6) is 0 Å². The van der Waals surface area contributed by atoms with E-state index in [2.05, 4.69) is 11.8 Å². The van der Waals surface area contributed by atoms with E-state index in [0.717, 1.165) is 26.2 Å². The van der Waals surface area contributed by atoms with Gasteiger partial charge >= 0.3 is 0 Å². The molecule has 2 N–H and O–H groups in total. The lowest BCUT2D eigenvalue weighted by atomic mass is 9.98. The Labute approximate surface area is 87.6 Å². The van der Waals surface area contributed by atoms with E-state index in [4.69, 9.17) is 10.5 Å². The largest absolute Gasteiger partial charge is 0.383 e. The summed E-state index contributed by atoms with van der Waals surface area (Å²) in [5, 5.41) is 0. The highest BCUT2D eigenvalue weighted by atomic mass is 16.5. The molecule has 0 amide bonds. The van der Waals surface area contributed by atoms with Crippen molar-refractivity contribution in [2.45, 2.75) is 38.1 Å². The lowest BCUT2D eigenvalue weighted by Crippen LogP contribution is -2.48. The number of nitrogens with zero attached hydrogens (tertiary/aromatic N) is 1. The van der Waals surface area contributed by atoms with Crippen LogP contribution in [0.4, 0.5) is 0 Å². The first-order valence-corrected chi connectivity index (χ1v) is 5.70. The summed E-state index contributed by atoms with van der Waals surface area (Å²) in [6, 6.07) is 0. The average Bonchev–Trinajstić information content (AvgIpc) is 2.60. The number of hydrogen-bond acceptors (Lipinski definition) is 3. The number of nitrogens with two attached hydrogens (primary N) is 1. The van der Waals surface area contributed by atoms with E-state index in [1.54, 1.807) is 7.11 Å². The van der Waals surface area contributed by atoms with Gasteiger partial charge in [-0.2, -0.15) is 0 Å². The lowest BCUT2D eigenvalue weighted by molar-refractivity contribution is 0.134. The maximum atomic E-state index is 6.32. The molecule has 0 spiro atoms. The maximum absolute atomic E-state index is 6.32. The van der Waals surface area contributed by atoms with Crippen LogP contribution < -0.4 is 5.73 Å². The molecule has 0 aromatic rings. The minimum absolute atomic E-state index is 0.0871. The molecule has 1 rings (SSSR count). The molecule has 0 bridgehead atoms. The predicted octanol–water partition coefficient (Wildman–Crippen LogP) is 1.23. The number of rotatable bonds is 6. The molecule has 0 saturated heterocycles. The molecule has 0 unspecified atom stereocenters. The van der Waals surface area contributed by atoms with Gasteiger partial charge in [-0.25, -0.2) is 0 Å². The number of hydrogen-bond donors (Lipinski definition) is 1. The summed E-state index contributed by atoms with van der Waals surface area (Å²) >= 11 is 0. The minimum Gasteiger partial charge on any atom is -0.383 e. The first-order chi connectivity index (χ1) is 6.70. The highest BCUT2D eigenvalue weighted by Gasteiger charge is 2.30. The van der Waals surface area contributed by atoms with Gasteiger partial charge in [-0.05, 0) is 19.4 Å². The Morgan fingerprint density at radius 3 is 2.50 bits per heavy atom. The molecular weight excluding hydrogens is 176 g/mol. The van der Waals surface area contributed by atoms with Gasteiger partial charge in [0.25, 0.3) is 0 Å². The van der Waals surface area contributed by atoms with Crippen molar-refractivity contribution in [3.8, 4) is 0 Å². The molecule has 0 radical (unpaired) electrons. The fraction of sp³-hybridized carbons (Fsp3) is 1.00. The molecule has 0 atom stereocenters. The van der Waals surface area contributed by atoms with E-state index in [1.807, 2.05) is 0 Å².